The lowest BCUT2D eigenvalue weighted by Crippen LogP contribution is -2.75. The lowest BCUT2D eigenvalue weighted by molar-refractivity contribution is -0.175. The zero-order valence-electron chi connectivity index (χ0n) is 17.6. The second kappa shape index (κ2) is 6.01. The van der Waals surface area contributed by atoms with Crippen molar-refractivity contribution in [2.24, 2.45) is 5.92 Å². The number of ether oxygens (including phenoxy) is 2. The van der Waals surface area contributed by atoms with Crippen LogP contribution in [0.15, 0.2) is 23.5 Å². The monoisotopic (exact) mass is 411 g/mol. The predicted octanol–water partition coefficient (Wildman–Crippen LogP) is 2.54. The predicted molar refractivity (Wildman–Crippen MR) is 110 cm³/mol. The molecule has 2 aliphatic heterocycles. The van der Waals surface area contributed by atoms with Gasteiger partial charge >= 0.3 is 5.97 Å². The molecular weight excluding hydrogens is 382 g/mol. The average Bonchev–Trinajstić information content (AvgIpc) is 3.45. The van der Waals surface area contributed by atoms with Crippen LogP contribution in [0.25, 0.3) is 0 Å². The van der Waals surface area contributed by atoms with Crippen LogP contribution in [0.1, 0.15) is 49.3 Å². The molecule has 0 aromatic heterocycles. The maximum atomic E-state index is 12.7. The van der Waals surface area contributed by atoms with Crippen molar-refractivity contribution in [3.8, 4) is 5.75 Å². The zero-order valence-corrected chi connectivity index (χ0v) is 17.6. The molecule has 30 heavy (non-hydrogen) atoms. The molecule has 2 bridgehead atoms. The lowest BCUT2D eigenvalue weighted by atomic mass is 9.49. The third-order valence-electron chi connectivity index (χ3n) is 8.26. The fraction of sp³-hybridized carbons (Fsp3) is 0.625. The van der Waals surface area contributed by atoms with Gasteiger partial charge in [-0.2, -0.15) is 0 Å². The van der Waals surface area contributed by atoms with Gasteiger partial charge in [-0.15, -0.1) is 0 Å². The van der Waals surface area contributed by atoms with Gasteiger partial charge in [-0.1, -0.05) is 12.1 Å². The number of piperidine rings is 1. The second-order valence-electron chi connectivity index (χ2n) is 9.81. The number of rotatable bonds is 4. The molecule has 1 aromatic rings. The molecule has 0 amide bonds. The zero-order chi connectivity index (χ0) is 20.8. The van der Waals surface area contributed by atoms with Gasteiger partial charge in [0.1, 0.15) is 11.5 Å². The Bertz CT molecular complexity index is 982. The first kappa shape index (κ1) is 18.7. The van der Waals surface area contributed by atoms with E-state index in [9.17, 15) is 15.0 Å². The first-order valence-corrected chi connectivity index (χ1v) is 11.3. The third-order valence-corrected chi connectivity index (χ3v) is 8.26. The number of benzene rings is 1. The van der Waals surface area contributed by atoms with Crippen molar-refractivity contribution in [2.75, 3.05) is 19.7 Å². The largest absolute Gasteiger partial charge is 0.508 e. The van der Waals surface area contributed by atoms with Crippen molar-refractivity contribution in [3.63, 3.8) is 0 Å². The number of hydrogen-bond donors (Lipinski definition) is 2. The highest BCUT2D eigenvalue weighted by Gasteiger charge is 2.73. The maximum Gasteiger partial charge on any atom is 0.337 e. The summed E-state index contributed by atoms with van der Waals surface area (Å²) in [7, 11) is 0. The summed E-state index contributed by atoms with van der Waals surface area (Å²) in [4.78, 5) is 15.2. The van der Waals surface area contributed by atoms with E-state index in [4.69, 9.17) is 9.47 Å². The van der Waals surface area contributed by atoms with Gasteiger partial charge in [-0.25, -0.2) is 4.79 Å². The van der Waals surface area contributed by atoms with Crippen LogP contribution in [-0.2, 0) is 21.4 Å². The molecule has 3 aliphatic carbocycles. The molecule has 6 nitrogen and oxygen atoms in total. The van der Waals surface area contributed by atoms with Gasteiger partial charge in [-0.3, -0.25) is 4.90 Å². The Kier molecular flexibility index (Phi) is 3.75. The minimum atomic E-state index is -1.18. The molecule has 0 radical (unpaired) electrons. The first-order valence-electron chi connectivity index (χ1n) is 11.3. The van der Waals surface area contributed by atoms with Crippen molar-refractivity contribution in [1.82, 2.24) is 4.90 Å². The molecule has 6 rings (SSSR count). The smallest absolute Gasteiger partial charge is 0.337 e. The van der Waals surface area contributed by atoms with E-state index in [0.717, 1.165) is 36.4 Å². The molecule has 2 N–H and O–H groups in total. The average molecular weight is 411 g/mol. The van der Waals surface area contributed by atoms with Gasteiger partial charge in [0.25, 0.3) is 0 Å². The van der Waals surface area contributed by atoms with Crippen LogP contribution in [-0.4, -0.2) is 58.5 Å². The molecule has 0 unspecified atom stereocenters. The molecule has 1 spiro atoms. The van der Waals surface area contributed by atoms with E-state index in [2.05, 4.69) is 17.0 Å². The van der Waals surface area contributed by atoms with Crippen molar-refractivity contribution in [1.29, 1.82) is 0 Å². The maximum absolute atomic E-state index is 12.7. The van der Waals surface area contributed by atoms with Gasteiger partial charge in [-0.05, 0) is 63.1 Å². The van der Waals surface area contributed by atoms with Crippen LogP contribution in [0.2, 0.25) is 0 Å². The van der Waals surface area contributed by atoms with Gasteiger partial charge in [0.05, 0.1) is 23.2 Å². The van der Waals surface area contributed by atoms with E-state index < -0.39 is 23.1 Å². The fourth-order valence-electron chi connectivity index (χ4n) is 6.71. The summed E-state index contributed by atoms with van der Waals surface area (Å²) in [5.74, 6) is 0.884. The Morgan fingerprint density at radius 3 is 2.90 bits per heavy atom. The van der Waals surface area contributed by atoms with Crippen LogP contribution >= 0.6 is 0 Å². The molecule has 1 saturated carbocycles. The van der Waals surface area contributed by atoms with E-state index in [-0.39, 0.29) is 30.4 Å². The lowest BCUT2D eigenvalue weighted by Gasteiger charge is -2.62. The summed E-state index contributed by atoms with van der Waals surface area (Å²) in [6.07, 6.45) is 3.33. The number of carbonyl (C=O) groups is 1. The van der Waals surface area contributed by atoms with Crippen molar-refractivity contribution in [3.05, 3.63) is 40.2 Å². The number of likely N-dealkylation sites (tertiary alicyclic amines) is 1. The van der Waals surface area contributed by atoms with Crippen molar-refractivity contribution in [2.45, 2.75) is 69.1 Å². The van der Waals surface area contributed by atoms with Gasteiger partial charge in [0.15, 0.2) is 6.10 Å². The van der Waals surface area contributed by atoms with E-state index in [1.807, 2.05) is 6.92 Å². The first-order chi connectivity index (χ1) is 14.4. The summed E-state index contributed by atoms with van der Waals surface area (Å²) in [6.45, 7) is 5.85. The van der Waals surface area contributed by atoms with E-state index in [1.165, 1.54) is 18.4 Å². The van der Waals surface area contributed by atoms with E-state index in [1.54, 1.807) is 6.92 Å². The molecule has 1 aromatic carbocycles. The Morgan fingerprint density at radius 2 is 2.17 bits per heavy atom. The highest BCUT2D eigenvalue weighted by Crippen LogP contribution is 2.65. The summed E-state index contributed by atoms with van der Waals surface area (Å²) in [5.41, 5.74) is 1.56. The molecule has 2 fully saturated rings. The number of carbonyl (C=O) groups excluding carboxylic acids is 1. The van der Waals surface area contributed by atoms with Crippen LogP contribution < -0.4 is 4.74 Å². The normalized spacial score (nSPS) is 36.4. The minimum absolute atomic E-state index is 0.0593. The minimum Gasteiger partial charge on any atom is -0.508 e. The number of nitrogens with zero attached hydrogens (tertiary/aromatic N) is 1. The SMILES string of the molecule is CCOC(=O)C1=C(O)[C@@H]2Oc3c(C)ccc4c3[C@@]23CCN(CC2CC2)[C@H](C4)[C@]3(O)C1. The molecule has 5 aliphatic rings. The Morgan fingerprint density at radius 1 is 1.37 bits per heavy atom. The summed E-state index contributed by atoms with van der Waals surface area (Å²) in [6, 6.07) is 4.13. The molecule has 4 atom stereocenters. The van der Waals surface area contributed by atoms with Crippen LogP contribution in [0.3, 0.4) is 0 Å². The quantitative estimate of drug-likeness (QED) is 0.742. The Balaban J connectivity index is 1.56. The molecule has 160 valence electrons. The van der Waals surface area contributed by atoms with Gasteiger partial charge in [0.2, 0.25) is 0 Å². The highest BCUT2D eigenvalue weighted by molar-refractivity contribution is 5.90. The number of aryl methyl sites for hydroxylation is 1. The van der Waals surface area contributed by atoms with Crippen molar-refractivity contribution >= 4 is 5.97 Å². The molecule has 2 heterocycles. The standard InChI is InChI=1S/C24H29NO5/c1-3-29-22(27)16-11-24(28)17-10-15-7-4-13(2)20-18(15)23(24,21(30-20)19(16)26)8-9-25(17)12-14-5-6-14/h4,7,14,17,21,26,28H,3,5-6,8-12H2,1-2H3/t17-,21+,23+,24-/m1/s1. The van der Waals surface area contributed by atoms with Crippen molar-refractivity contribution < 1.29 is 24.5 Å². The summed E-state index contributed by atoms with van der Waals surface area (Å²) >= 11 is 0. The Hall–Kier alpha value is -2.05. The number of esters is 1. The van der Waals surface area contributed by atoms with E-state index >= 15 is 0 Å². The van der Waals surface area contributed by atoms with E-state index in [0.29, 0.717) is 12.3 Å². The summed E-state index contributed by atoms with van der Waals surface area (Å²) in [5, 5.41) is 23.6. The van der Waals surface area contributed by atoms with Gasteiger partial charge in [0, 0.05) is 24.6 Å². The van der Waals surface area contributed by atoms with Crippen LogP contribution in [0.5, 0.6) is 5.75 Å². The van der Waals surface area contributed by atoms with Gasteiger partial charge < -0.3 is 19.7 Å². The molecular formula is C24H29NO5. The number of aliphatic hydroxyl groups excluding tert-OH is 1. The second-order valence-corrected chi connectivity index (χ2v) is 9.81. The molecule has 1 saturated heterocycles. The number of hydrogen-bond acceptors (Lipinski definition) is 6. The fourth-order valence-corrected chi connectivity index (χ4v) is 6.71. The Labute approximate surface area is 176 Å². The molecule has 6 heteroatoms. The van der Waals surface area contributed by atoms with Crippen LogP contribution in [0.4, 0.5) is 0 Å². The topological polar surface area (TPSA) is 79.2 Å². The highest BCUT2D eigenvalue weighted by atomic mass is 16.5. The summed E-state index contributed by atoms with van der Waals surface area (Å²) < 4.78 is 11.6. The van der Waals surface area contributed by atoms with Crippen LogP contribution in [0, 0.1) is 12.8 Å². The third kappa shape index (κ3) is 2.14. The number of aliphatic hydroxyl groups is 2.